The highest BCUT2D eigenvalue weighted by Gasteiger charge is 2.17. The average Bonchev–Trinajstić information content (AvgIpc) is 3.04. The van der Waals surface area contributed by atoms with E-state index in [4.69, 9.17) is 16.3 Å². The molecule has 1 atom stereocenters. The molecule has 20 heavy (non-hydrogen) atoms. The van der Waals surface area contributed by atoms with E-state index in [1.165, 1.54) is 0 Å². The maximum Gasteiger partial charge on any atom is 0.268 e. The summed E-state index contributed by atoms with van der Waals surface area (Å²) in [5.41, 5.74) is 0.407. The zero-order valence-electron chi connectivity index (χ0n) is 11.3. The molecule has 0 saturated carbocycles. The minimum atomic E-state index is -0.274. The molecular weight excluding hydrogens is 282 g/mol. The average molecular weight is 298 g/mol. The first-order valence-corrected chi connectivity index (χ1v) is 6.51. The molecule has 8 heteroatoms. The second-order valence-electron chi connectivity index (χ2n) is 4.30. The zero-order valence-corrected chi connectivity index (χ0v) is 12.0. The first kappa shape index (κ1) is 14.5. The molecule has 108 valence electrons. The Morgan fingerprint density at radius 2 is 2.45 bits per heavy atom. The Morgan fingerprint density at radius 1 is 1.65 bits per heavy atom. The predicted molar refractivity (Wildman–Crippen MR) is 73.6 cm³/mol. The summed E-state index contributed by atoms with van der Waals surface area (Å²) < 4.78 is 6.86. The number of hydrogen-bond acceptors (Lipinski definition) is 4. The molecule has 0 aliphatic rings. The van der Waals surface area contributed by atoms with Gasteiger partial charge in [0.15, 0.2) is 5.82 Å². The summed E-state index contributed by atoms with van der Waals surface area (Å²) in [4.78, 5) is 14.8. The Labute approximate surface area is 121 Å². The van der Waals surface area contributed by atoms with E-state index in [0.29, 0.717) is 29.7 Å². The normalized spacial score (nSPS) is 12.3. The molecule has 2 N–H and O–H groups in total. The fourth-order valence-electron chi connectivity index (χ4n) is 1.80. The van der Waals surface area contributed by atoms with Gasteiger partial charge in [-0.25, -0.2) is 0 Å². The number of hydrogen-bond donors (Lipinski definition) is 2. The maximum atomic E-state index is 12.0. The molecule has 7 nitrogen and oxygen atoms in total. The molecule has 2 rings (SSSR count). The Morgan fingerprint density at radius 3 is 3.10 bits per heavy atom. The number of nitrogens with zero attached hydrogens (tertiary/aromatic N) is 3. The second-order valence-corrected chi connectivity index (χ2v) is 4.74. The number of H-pyrrole nitrogens is 1. The molecule has 0 aliphatic carbocycles. The van der Waals surface area contributed by atoms with Crippen LogP contribution < -0.4 is 5.32 Å². The minimum Gasteiger partial charge on any atom is -0.383 e. The van der Waals surface area contributed by atoms with E-state index in [-0.39, 0.29) is 11.9 Å². The summed E-state index contributed by atoms with van der Waals surface area (Å²) in [6.45, 7) is 3.03. The Kier molecular flexibility index (Phi) is 4.75. The Bertz CT molecular complexity index is 580. The van der Waals surface area contributed by atoms with Gasteiger partial charge >= 0.3 is 0 Å². The molecule has 1 amide bonds. The predicted octanol–water partition coefficient (Wildman–Crippen LogP) is 1.40. The van der Waals surface area contributed by atoms with Crippen LogP contribution in [-0.4, -0.2) is 39.4 Å². The highest BCUT2D eigenvalue weighted by molar-refractivity contribution is 6.30. The summed E-state index contributed by atoms with van der Waals surface area (Å²) in [5.74, 6) is 0.429. The van der Waals surface area contributed by atoms with Gasteiger partial charge in [0.1, 0.15) is 12.0 Å². The van der Waals surface area contributed by atoms with Crippen LogP contribution in [0.15, 0.2) is 18.6 Å². The summed E-state index contributed by atoms with van der Waals surface area (Å²) in [7, 11) is 1.63. The lowest BCUT2D eigenvalue weighted by molar-refractivity contribution is 0.0932. The number of carbonyl (C=O) groups is 1. The lowest BCUT2D eigenvalue weighted by atomic mass is 10.3. The van der Waals surface area contributed by atoms with Crippen LogP contribution in [0, 0.1) is 0 Å². The van der Waals surface area contributed by atoms with Crippen molar-refractivity contribution in [3.8, 4) is 0 Å². The topological polar surface area (TPSA) is 84.8 Å². The van der Waals surface area contributed by atoms with E-state index >= 15 is 0 Å². The maximum absolute atomic E-state index is 12.0. The number of methoxy groups -OCH3 is 1. The van der Waals surface area contributed by atoms with Crippen LogP contribution in [0.5, 0.6) is 0 Å². The largest absolute Gasteiger partial charge is 0.383 e. The molecule has 0 aliphatic heterocycles. The Balaban J connectivity index is 2.02. The highest BCUT2D eigenvalue weighted by Crippen LogP contribution is 2.12. The molecule has 0 fully saturated rings. The third kappa shape index (κ3) is 3.37. The van der Waals surface area contributed by atoms with E-state index in [1.807, 2.05) is 11.5 Å². The van der Waals surface area contributed by atoms with Crippen molar-refractivity contribution in [2.45, 2.75) is 19.5 Å². The molecule has 0 saturated heterocycles. The SMILES string of the molecule is COCCn1cnnc1[C@H](C)NC(=O)c1cc(Cl)c[nH]1. The van der Waals surface area contributed by atoms with Crippen LogP contribution in [0.25, 0.3) is 0 Å². The first-order valence-electron chi connectivity index (χ1n) is 6.13. The summed E-state index contributed by atoms with van der Waals surface area (Å²) in [6.07, 6.45) is 3.17. The fraction of sp³-hybridized carbons (Fsp3) is 0.417. The number of ether oxygens (including phenoxy) is 1. The molecule has 0 spiro atoms. The number of rotatable bonds is 6. The smallest absolute Gasteiger partial charge is 0.268 e. The lowest BCUT2D eigenvalue weighted by Crippen LogP contribution is -2.29. The van der Waals surface area contributed by atoms with Crippen molar-refractivity contribution in [3.63, 3.8) is 0 Å². The molecular formula is C12H16ClN5O2. The molecule has 2 aromatic rings. The van der Waals surface area contributed by atoms with Crippen molar-refractivity contribution in [2.24, 2.45) is 0 Å². The number of carbonyl (C=O) groups excluding carboxylic acids is 1. The van der Waals surface area contributed by atoms with Crippen molar-refractivity contribution in [1.29, 1.82) is 0 Å². The van der Waals surface area contributed by atoms with Gasteiger partial charge in [-0.05, 0) is 13.0 Å². The van der Waals surface area contributed by atoms with Gasteiger partial charge in [-0.2, -0.15) is 0 Å². The standard InChI is InChI=1S/C12H16ClN5O2/c1-8(11-17-15-7-18(11)3-4-20-2)16-12(19)10-5-9(13)6-14-10/h5-8,14H,3-4H2,1-2H3,(H,16,19)/t8-/m0/s1. The zero-order chi connectivity index (χ0) is 14.5. The summed E-state index contributed by atoms with van der Waals surface area (Å²) >= 11 is 5.77. The molecule has 2 heterocycles. The molecule has 0 unspecified atom stereocenters. The number of halogens is 1. The van der Waals surface area contributed by atoms with Crippen LogP contribution in [0.3, 0.4) is 0 Å². The third-order valence-corrected chi connectivity index (χ3v) is 3.03. The van der Waals surface area contributed by atoms with Gasteiger partial charge in [-0.1, -0.05) is 11.6 Å². The second kappa shape index (κ2) is 6.53. The highest BCUT2D eigenvalue weighted by atomic mass is 35.5. The van der Waals surface area contributed by atoms with Gasteiger partial charge in [0.25, 0.3) is 5.91 Å². The number of aromatic nitrogens is 4. The van der Waals surface area contributed by atoms with Crippen molar-refractivity contribution in [1.82, 2.24) is 25.1 Å². The fourth-order valence-corrected chi connectivity index (χ4v) is 1.96. The lowest BCUT2D eigenvalue weighted by Gasteiger charge is -2.14. The number of amides is 1. The van der Waals surface area contributed by atoms with E-state index in [2.05, 4.69) is 20.5 Å². The van der Waals surface area contributed by atoms with Crippen molar-refractivity contribution >= 4 is 17.5 Å². The van der Waals surface area contributed by atoms with Crippen molar-refractivity contribution < 1.29 is 9.53 Å². The van der Waals surface area contributed by atoms with E-state index < -0.39 is 0 Å². The van der Waals surface area contributed by atoms with E-state index in [1.54, 1.807) is 25.7 Å². The van der Waals surface area contributed by atoms with Crippen LogP contribution in [0.1, 0.15) is 29.3 Å². The van der Waals surface area contributed by atoms with Crippen LogP contribution >= 0.6 is 11.6 Å². The van der Waals surface area contributed by atoms with Gasteiger partial charge in [0.05, 0.1) is 17.7 Å². The van der Waals surface area contributed by atoms with Crippen LogP contribution in [0.4, 0.5) is 0 Å². The summed E-state index contributed by atoms with van der Waals surface area (Å²) in [6, 6.07) is 1.29. The summed E-state index contributed by atoms with van der Waals surface area (Å²) in [5, 5.41) is 11.2. The molecule has 2 aromatic heterocycles. The molecule has 0 aromatic carbocycles. The van der Waals surface area contributed by atoms with Gasteiger partial charge < -0.3 is 19.6 Å². The van der Waals surface area contributed by atoms with Crippen molar-refractivity contribution in [2.75, 3.05) is 13.7 Å². The minimum absolute atomic E-state index is 0.245. The third-order valence-electron chi connectivity index (χ3n) is 2.81. The van der Waals surface area contributed by atoms with Crippen LogP contribution in [-0.2, 0) is 11.3 Å². The quantitative estimate of drug-likeness (QED) is 0.844. The Hall–Kier alpha value is -1.86. The van der Waals surface area contributed by atoms with Gasteiger partial charge in [-0.3, -0.25) is 4.79 Å². The van der Waals surface area contributed by atoms with Gasteiger partial charge in [0.2, 0.25) is 0 Å². The van der Waals surface area contributed by atoms with E-state index in [9.17, 15) is 4.79 Å². The van der Waals surface area contributed by atoms with Crippen LogP contribution in [0.2, 0.25) is 5.02 Å². The number of nitrogens with one attached hydrogen (secondary N) is 2. The van der Waals surface area contributed by atoms with Gasteiger partial charge in [0, 0.05) is 19.9 Å². The monoisotopic (exact) mass is 297 g/mol. The van der Waals surface area contributed by atoms with Crippen molar-refractivity contribution in [3.05, 3.63) is 35.1 Å². The van der Waals surface area contributed by atoms with Gasteiger partial charge in [-0.15, -0.1) is 10.2 Å². The molecule has 0 radical (unpaired) electrons. The molecule has 0 bridgehead atoms. The number of aromatic amines is 1. The van der Waals surface area contributed by atoms with E-state index in [0.717, 1.165) is 0 Å². The first-order chi connectivity index (χ1) is 9.61.